The maximum atomic E-state index is 12.7. The highest BCUT2D eigenvalue weighted by molar-refractivity contribution is 9.10. The Balaban J connectivity index is 2.50. The molecule has 0 aliphatic rings. The second-order valence-electron chi connectivity index (χ2n) is 4.26. The lowest BCUT2D eigenvalue weighted by Crippen LogP contribution is -2.05. The van der Waals surface area contributed by atoms with Crippen molar-refractivity contribution in [2.75, 3.05) is 7.11 Å². The Labute approximate surface area is 127 Å². The molecule has 0 aliphatic heterocycles. The van der Waals surface area contributed by atoms with Crippen LogP contribution in [0, 0.1) is 0 Å². The highest BCUT2D eigenvalue weighted by Gasteiger charge is 2.30. The topological polar surface area (TPSA) is 26.3 Å². The molecule has 2 nitrogen and oxygen atoms in total. The standard InChI is InChI=1S/C15H10BrF3O2/c1-21-14(20)12-8-10(5-6-13(12)16)9-3-2-4-11(7-9)15(17,18)19/h2-8H,1H3. The largest absolute Gasteiger partial charge is 0.465 e. The van der Waals surface area contributed by atoms with Gasteiger partial charge in [-0.25, -0.2) is 4.79 Å². The summed E-state index contributed by atoms with van der Waals surface area (Å²) in [7, 11) is 1.24. The van der Waals surface area contributed by atoms with Crippen LogP contribution in [0.15, 0.2) is 46.9 Å². The van der Waals surface area contributed by atoms with E-state index in [0.717, 1.165) is 12.1 Å². The van der Waals surface area contributed by atoms with Gasteiger partial charge in [0.15, 0.2) is 0 Å². The fourth-order valence-electron chi connectivity index (χ4n) is 1.85. The molecule has 2 rings (SSSR count). The first-order valence-electron chi connectivity index (χ1n) is 5.88. The summed E-state index contributed by atoms with van der Waals surface area (Å²) in [6.07, 6.45) is -4.41. The minimum absolute atomic E-state index is 0.257. The summed E-state index contributed by atoms with van der Waals surface area (Å²) in [6, 6.07) is 9.66. The Bertz CT molecular complexity index is 681. The molecule has 0 saturated carbocycles. The van der Waals surface area contributed by atoms with E-state index in [2.05, 4.69) is 20.7 Å². The molecule has 110 valence electrons. The molecular weight excluding hydrogens is 349 g/mol. The number of carbonyl (C=O) groups is 1. The highest BCUT2D eigenvalue weighted by atomic mass is 79.9. The van der Waals surface area contributed by atoms with Crippen molar-refractivity contribution in [2.24, 2.45) is 0 Å². The monoisotopic (exact) mass is 358 g/mol. The third-order valence-electron chi connectivity index (χ3n) is 2.89. The van der Waals surface area contributed by atoms with Crippen LogP contribution < -0.4 is 0 Å². The van der Waals surface area contributed by atoms with E-state index in [1.807, 2.05) is 0 Å². The van der Waals surface area contributed by atoms with Gasteiger partial charge in [-0.2, -0.15) is 13.2 Å². The molecular formula is C15H10BrF3O2. The SMILES string of the molecule is COC(=O)c1cc(-c2cccc(C(F)(F)F)c2)ccc1Br. The van der Waals surface area contributed by atoms with Crippen LogP contribution in [0.1, 0.15) is 15.9 Å². The third-order valence-corrected chi connectivity index (χ3v) is 3.59. The van der Waals surface area contributed by atoms with Crippen LogP contribution >= 0.6 is 15.9 Å². The predicted octanol–water partition coefficient (Wildman–Crippen LogP) is 4.92. The summed E-state index contributed by atoms with van der Waals surface area (Å²) in [5.74, 6) is -0.560. The fraction of sp³-hybridized carbons (Fsp3) is 0.133. The van der Waals surface area contributed by atoms with Crippen molar-refractivity contribution in [3.8, 4) is 11.1 Å². The Morgan fingerprint density at radius 2 is 1.76 bits per heavy atom. The number of alkyl halides is 3. The van der Waals surface area contributed by atoms with E-state index < -0.39 is 17.7 Å². The maximum Gasteiger partial charge on any atom is 0.416 e. The van der Waals surface area contributed by atoms with Gasteiger partial charge in [-0.3, -0.25) is 0 Å². The van der Waals surface area contributed by atoms with Gasteiger partial charge in [-0.1, -0.05) is 18.2 Å². The lowest BCUT2D eigenvalue weighted by Gasteiger charge is -2.10. The van der Waals surface area contributed by atoms with E-state index in [0.29, 0.717) is 15.6 Å². The van der Waals surface area contributed by atoms with Gasteiger partial charge in [-0.05, 0) is 51.3 Å². The molecule has 0 spiro atoms. The normalized spacial score (nSPS) is 11.3. The van der Waals surface area contributed by atoms with Crippen molar-refractivity contribution in [1.82, 2.24) is 0 Å². The van der Waals surface area contributed by atoms with Crippen molar-refractivity contribution in [1.29, 1.82) is 0 Å². The van der Waals surface area contributed by atoms with Crippen molar-refractivity contribution in [2.45, 2.75) is 6.18 Å². The maximum absolute atomic E-state index is 12.7. The smallest absolute Gasteiger partial charge is 0.416 e. The van der Waals surface area contributed by atoms with E-state index in [1.54, 1.807) is 18.2 Å². The molecule has 6 heteroatoms. The zero-order valence-electron chi connectivity index (χ0n) is 10.9. The summed E-state index contributed by atoms with van der Waals surface area (Å²) in [6.45, 7) is 0. The summed E-state index contributed by atoms with van der Waals surface area (Å²) in [5.41, 5.74) is 0.405. The van der Waals surface area contributed by atoms with Gasteiger partial charge in [0.05, 0.1) is 18.2 Å². The van der Waals surface area contributed by atoms with Crippen LogP contribution in [0.25, 0.3) is 11.1 Å². The molecule has 0 bridgehead atoms. The average Bonchev–Trinajstić information content (AvgIpc) is 2.46. The third kappa shape index (κ3) is 3.44. The zero-order valence-corrected chi connectivity index (χ0v) is 12.5. The first-order chi connectivity index (χ1) is 9.82. The van der Waals surface area contributed by atoms with Gasteiger partial charge in [0, 0.05) is 4.47 Å². The van der Waals surface area contributed by atoms with Crippen LogP contribution in [-0.4, -0.2) is 13.1 Å². The lowest BCUT2D eigenvalue weighted by molar-refractivity contribution is -0.137. The number of hydrogen-bond donors (Lipinski definition) is 0. The summed E-state index contributed by atoms with van der Waals surface area (Å²) in [4.78, 5) is 11.6. The van der Waals surface area contributed by atoms with E-state index >= 15 is 0 Å². The van der Waals surface area contributed by atoms with E-state index in [4.69, 9.17) is 0 Å². The quantitative estimate of drug-likeness (QED) is 0.712. The fourth-order valence-corrected chi connectivity index (χ4v) is 2.25. The molecule has 0 saturated heterocycles. The number of carbonyl (C=O) groups excluding carboxylic acids is 1. The van der Waals surface area contributed by atoms with Gasteiger partial charge in [0.2, 0.25) is 0 Å². The van der Waals surface area contributed by atoms with Crippen molar-refractivity contribution in [3.63, 3.8) is 0 Å². The number of rotatable bonds is 2. The summed E-state index contributed by atoms with van der Waals surface area (Å²) in [5, 5.41) is 0. The average molecular weight is 359 g/mol. The second-order valence-corrected chi connectivity index (χ2v) is 5.12. The zero-order chi connectivity index (χ0) is 15.6. The molecule has 0 atom stereocenters. The number of halogens is 4. The van der Waals surface area contributed by atoms with Gasteiger partial charge in [-0.15, -0.1) is 0 Å². The molecule has 0 fully saturated rings. The Morgan fingerprint density at radius 3 is 2.38 bits per heavy atom. The summed E-state index contributed by atoms with van der Waals surface area (Å²) >= 11 is 3.21. The van der Waals surface area contributed by atoms with E-state index in [1.165, 1.54) is 19.2 Å². The van der Waals surface area contributed by atoms with Gasteiger partial charge >= 0.3 is 12.1 Å². The Kier molecular flexibility index (Phi) is 4.37. The van der Waals surface area contributed by atoms with Gasteiger partial charge < -0.3 is 4.74 Å². The van der Waals surface area contributed by atoms with Crippen LogP contribution in [0.5, 0.6) is 0 Å². The van der Waals surface area contributed by atoms with Crippen molar-refractivity contribution >= 4 is 21.9 Å². The molecule has 0 aromatic heterocycles. The second kappa shape index (κ2) is 5.89. The minimum Gasteiger partial charge on any atom is -0.465 e. The van der Waals surface area contributed by atoms with Crippen molar-refractivity contribution in [3.05, 3.63) is 58.1 Å². The first kappa shape index (κ1) is 15.6. The van der Waals surface area contributed by atoms with Crippen LogP contribution in [0.3, 0.4) is 0 Å². The van der Waals surface area contributed by atoms with E-state index in [-0.39, 0.29) is 5.56 Å². The molecule has 2 aromatic rings. The Hall–Kier alpha value is -1.82. The minimum atomic E-state index is -4.41. The predicted molar refractivity (Wildman–Crippen MR) is 75.9 cm³/mol. The Morgan fingerprint density at radius 1 is 1.10 bits per heavy atom. The van der Waals surface area contributed by atoms with Gasteiger partial charge in [0.25, 0.3) is 0 Å². The van der Waals surface area contributed by atoms with E-state index in [9.17, 15) is 18.0 Å². The van der Waals surface area contributed by atoms with Gasteiger partial charge in [0.1, 0.15) is 0 Å². The number of esters is 1. The molecule has 2 aromatic carbocycles. The van der Waals surface area contributed by atoms with Crippen molar-refractivity contribution < 1.29 is 22.7 Å². The molecule has 0 amide bonds. The molecule has 0 aliphatic carbocycles. The molecule has 21 heavy (non-hydrogen) atoms. The van der Waals surface area contributed by atoms with Crippen LogP contribution in [0.2, 0.25) is 0 Å². The number of ether oxygens (including phenoxy) is 1. The number of methoxy groups -OCH3 is 1. The van der Waals surface area contributed by atoms with Crippen LogP contribution in [-0.2, 0) is 10.9 Å². The first-order valence-corrected chi connectivity index (χ1v) is 6.67. The lowest BCUT2D eigenvalue weighted by atomic mass is 10.0. The highest BCUT2D eigenvalue weighted by Crippen LogP contribution is 2.33. The molecule has 0 N–H and O–H groups in total. The number of benzene rings is 2. The molecule has 0 radical (unpaired) electrons. The molecule has 0 unspecified atom stereocenters. The summed E-state index contributed by atoms with van der Waals surface area (Å²) < 4.78 is 43.3. The van der Waals surface area contributed by atoms with Crippen LogP contribution in [0.4, 0.5) is 13.2 Å². The molecule has 0 heterocycles. The number of hydrogen-bond acceptors (Lipinski definition) is 2.